The van der Waals surface area contributed by atoms with Crippen LogP contribution in [0, 0.1) is 5.82 Å². The molecule has 3 N–H and O–H groups in total. The first-order valence-electron chi connectivity index (χ1n) is 7.14. The van der Waals surface area contributed by atoms with Gasteiger partial charge in [-0.1, -0.05) is 0 Å². The molecule has 2 rings (SSSR count). The molecule has 1 heterocycles. The van der Waals surface area contributed by atoms with Crippen molar-refractivity contribution in [2.45, 2.75) is 18.4 Å². The minimum absolute atomic E-state index is 0. The topological polar surface area (TPSA) is 82.8 Å². The molecule has 130 valence electrons. The Morgan fingerprint density at radius 2 is 2.09 bits per heavy atom. The van der Waals surface area contributed by atoms with E-state index in [4.69, 9.17) is 19.9 Å². The Morgan fingerprint density at radius 3 is 2.70 bits per heavy atom. The Hall–Kier alpha value is -1.41. The van der Waals surface area contributed by atoms with Crippen molar-refractivity contribution in [3.63, 3.8) is 0 Å². The van der Waals surface area contributed by atoms with Gasteiger partial charge in [0.1, 0.15) is 12.1 Å². The van der Waals surface area contributed by atoms with Gasteiger partial charge >= 0.3 is 0 Å². The maximum Gasteiger partial charge on any atom is 0.244 e. The Bertz CT molecular complexity index is 524. The molecule has 0 aromatic heterocycles. The molecule has 0 atom stereocenters. The van der Waals surface area contributed by atoms with Gasteiger partial charge < -0.3 is 25.3 Å². The van der Waals surface area contributed by atoms with Crippen molar-refractivity contribution in [3.8, 4) is 5.75 Å². The van der Waals surface area contributed by atoms with Crippen molar-refractivity contribution < 1.29 is 23.4 Å². The van der Waals surface area contributed by atoms with Gasteiger partial charge in [0, 0.05) is 32.1 Å². The molecule has 1 aliphatic rings. The Kier molecular flexibility index (Phi) is 7.70. The third-order valence-corrected chi connectivity index (χ3v) is 3.57. The number of nitrogens with two attached hydrogens (primary N) is 1. The van der Waals surface area contributed by atoms with Crippen LogP contribution in [-0.2, 0) is 14.3 Å². The number of benzene rings is 1. The maximum atomic E-state index is 13.9. The lowest BCUT2D eigenvalue weighted by Gasteiger charge is -2.31. The monoisotopic (exact) mass is 348 g/mol. The number of carbonyl (C=O) groups excluding carboxylic acids is 1. The summed E-state index contributed by atoms with van der Waals surface area (Å²) in [6, 6.07) is 4.25. The van der Waals surface area contributed by atoms with Crippen molar-refractivity contribution in [1.29, 1.82) is 0 Å². The van der Waals surface area contributed by atoms with Gasteiger partial charge in [-0.3, -0.25) is 4.79 Å². The molecule has 1 amide bonds. The van der Waals surface area contributed by atoms with Crippen LogP contribution in [0.5, 0.6) is 5.75 Å². The van der Waals surface area contributed by atoms with Gasteiger partial charge in [-0.15, -0.1) is 12.4 Å². The number of ether oxygens (including phenoxy) is 3. The van der Waals surface area contributed by atoms with Gasteiger partial charge in [0.25, 0.3) is 0 Å². The number of rotatable bonds is 6. The van der Waals surface area contributed by atoms with E-state index in [1.165, 1.54) is 19.2 Å². The minimum Gasteiger partial charge on any atom is -0.488 e. The highest BCUT2D eigenvalue weighted by Gasteiger charge is 2.35. The van der Waals surface area contributed by atoms with Crippen LogP contribution in [0.4, 0.5) is 10.1 Å². The van der Waals surface area contributed by atoms with Crippen LogP contribution in [0.25, 0.3) is 0 Å². The average Bonchev–Trinajstić information content (AvgIpc) is 2.50. The van der Waals surface area contributed by atoms with Crippen LogP contribution in [-0.4, -0.2) is 45.0 Å². The second kappa shape index (κ2) is 9.02. The SMILES string of the molecule is COCCOc1ccc(NC(=O)C2(N)CCOCC2)cc1F.Cl. The highest BCUT2D eigenvalue weighted by molar-refractivity contribution is 5.98. The molecule has 1 aliphatic heterocycles. The van der Waals surface area contributed by atoms with E-state index in [2.05, 4.69) is 5.32 Å². The van der Waals surface area contributed by atoms with Crippen molar-refractivity contribution in [2.24, 2.45) is 5.73 Å². The fraction of sp³-hybridized carbons (Fsp3) is 0.533. The van der Waals surface area contributed by atoms with Gasteiger partial charge in [-0.2, -0.15) is 0 Å². The highest BCUT2D eigenvalue weighted by Crippen LogP contribution is 2.24. The Labute approximate surface area is 140 Å². The van der Waals surface area contributed by atoms with Crippen LogP contribution in [0.1, 0.15) is 12.8 Å². The average molecular weight is 349 g/mol. The fourth-order valence-corrected chi connectivity index (χ4v) is 2.15. The first-order valence-corrected chi connectivity index (χ1v) is 7.14. The summed E-state index contributed by atoms with van der Waals surface area (Å²) in [5.41, 5.74) is 5.45. The first-order chi connectivity index (χ1) is 10.5. The van der Waals surface area contributed by atoms with Gasteiger partial charge in [-0.25, -0.2) is 4.39 Å². The summed E-state index contributed by atoms with van der Waals surface area (Å²) in [6.45, 7) is 1.52. The van der Waals surface area contributed by atoms with E-state index in [9.17, 15) is 9.18 Å². The largest absolute Gasteiger partial charge is 0.488 e. The second-order valence-corrected chi connectivity index (χ2v) is 5.21. The van der Waals surface area contributed by atoms with Crippen molar-refractivity contribution in [3.05, 3.63) is 24.0 Å². The van der Waals surface area contributed by atoms with E-state index >= 15 is 0 Å². The van der Waals surface area contributed by atoms with Crippen molar-refractivity contribution >= 4 is 24.0 Å². The summed E-state index contributed by atoms with van der Waals surface area (Å²) in [5, 5.41) is 2.65. The van der Waals surface area contributed by atoms with E-state index < -0.39 is 11.4 Å². The minimum atomic E-state index is -0.970. The Morgan fingerprint density at radius 1 is 1.39 bits per heavy atom. The number of hydrogen-bond acceptors (Lipinski definition) is 5. The molecule has 8 heteroatoms. The zero-order valence-corrected chi connectivity index (χ0v) is 13.8. The smallest absolute Gasteiger partial charge is 0.244 e. The number of carbonyl (C=O) groups is 1. The molecule has 1 aromatic rings. The fourth-order valence-electron chi connectivity index (χ4n) is 2.15. The molecule has 0 spiro atoms. The molecule has 0 radical (unpaired) electrons. The third-order valence-electron chi connectivity index (χ3n) is 3.57. The molecular formula is C15H22ClFN2O4. The van der Waals surface area contributed by atoms with Gasteiger partial charge in [0.15, 0.2) is 11.6 Å². The van der Waals surface area contributed by atoms with Crippen LogP contribution in [0.15, 0.2) is 18.2 Å². The van der Waals surface area contributed by atoms with Crippen molar-refractivity contribution in [2.75, 3.05) is 38.9 Å². The van der Waals surface area contributed by atoms with E-state index in [0.29, 0.717) is 38.3 Å². The molecule has 23 heavy (non-hydrogen) atoms. The predicted octanol–water partition coefficient (Wildman–Crippen LogP) is 1.72. The summed E-state index contributed by atoms with van der Waals surface area (Å²) in [6.07, 6.45) is 0.888. The molecule has 0 aliphatic carbocycles. The first kappa shape index (κ1) is 19.6. The lowest BCUT2D eigenvalue weighted by molar-refractivity contribution is -0.124. The molecule has 6 nitrogen and oxygen atoms in total. The molecule has 0 unspecified atom stereocenters. The summed E-state index contributed by atoms with van der Waals surface area (Å²) < 4.78 is 29.1. The maximum absolute atomic E-state index is 13.9. The molecule has 1 saturated heterocycles. The van der Waals surface area contributed by atoms with Crippen LogP contribution in [0.3, 0.4) is 0 Å². The van der Waals surface area contributed by atoms with E-state index in [-0.39, 0.29) is 30.7 Å². The lowest BCUT2D eigenvalue weighted by atomic mass is 9.90. The number of amides is 1. The third kappa shape index (κ3) is 5.31. The van der Waals surface area contributed by atoms with E-state index in [0.717, 1.165) is 0 Å². The summed E-state index contributed by atoms with van der Waals surface area (Å²) in [4.78, 5) is 12.2. The van der Waals surface area contributed by atoms with Gasteiger partial charge in [0.05, 0.1) is 6.61 Å². The number of halogens is 2. The summed E-state index contributed by atoms with van der Waals surface area (Å²) >= 11 is 0. The summed E-state index contributed by atoms with van der Waals surface area (Å²) in [7, 11) is 1.54. The summed E-state index contributed by atoms with van der Waals surface area (Å²) in [5.74, 6) is -0.765. The van der Waals surface area contributed by atoms with Crippen LogP contribution in [0.2, 0.25) is 0 Å². The Balaban J connectivity index is 0.00000264. The normalized spacial score (nSPS) is 16.3. The number of anilines is 1. The van der Waals surface area contributed by atoms with E-state index in [1.807, 2.05) is 0 Å². The highest BCUT2D eigenvalue weighted by atomic mass is 35.5. The number of nitrogens with one attached hydrogen (secondary N) is 1. The van der Waals surface area contributed by atoms with Crippen LogP contribution >= 0.6 is 12.4 Å². The van der Waals surface area contributed by atoms with Gasteiger partial charge in [-0.05, 0) is 25.0 Å². The molecule has 1 aromatic carbocycles. The standard InChI is InChI=1S/C15H21FN2O4.ClH/c1-20-8-9-22-13-3-2-11(10-12(13)16)18-14(19)15(17)4-6-21-7-5-15;/h2-3,10H,4-9,17H2,1H3,(H,18,19);1H. The predicted molar refractivity (Wildman–Crippen MR) is 86.6 cm³/mol. The molecule has 0 bridgehead atoms. The van der Waals surface area contributed by atoms with Gasteiger partial charge in [0.2, 0.25) is 5.91 Å². The van der Waals surface area contributed by atoms with Crippen LogP contribution < -0.4 is 15.8 Å². The number of hydrogen-bond donors (Lipinski definition) is 2. The van der Waals surface area contributed by atoms with E-state index in [1.54, 1.807) is 6.07 Å². The zero-order valence-electron chi connectivity index (χ0n) is 13.0. The zero-order chi connectivity index (χ0) is 16.0. The second-order valence-electron chi connectivity index (χ2n) is 5.21. The molecule has 1 fully saturated rings. The molecular weight excluding hydrogens is 327 g/mol. The quantitative estimate of drug-likeness (QED) is 0.765. The number of methoxy groups -OCH3 is 1. The van der Waals surface area contributed by atoms with Crippen molar-refractivity contribution in [1.82, 2.24) is 0 Å². The molecule has 0 saturated carbocycles. The lowest BCUT2D eigenvalue weighted by Crippen LogP contribution is -2.54.